The van der Waals surface area contributed by atoms with Gasteiger partial charge in [-0.2, -0.15) is 0 Å². The Morgan fingerprint density at radius 3 is 2.21 bits per heavy atom. The van der Waals surface area contributed by atoms with E-state index in [2.05, 4.69) is 10.0 Å². The average molecular weight is 582 g/mol. The standard InChI is InChI=1S/C31H39N3O8/c1-6-23-25(18(2)24(33-34-32)20(4)39-23)41-31-28(40-29(35)22-15-11-8-12-16-22)26(19(3)27(42-31)30(36)37-5)38-17-21-13-9-7-10-14-21/h7-16,18-20,23-28,31H,6,17H2,1-5H3/t18-,19+,20+,23?,24?,25+,26+,27?,28?,31-/m1/s1. The van der Waals surface area contributed by atoms with Crippen molar-refractivity contribution in [3.05, 3.63) is 82.2 Å². The maximum Gasteiger partial charge on any atom is 0.338 e. The lowest BCUT2D eigenvalue weighted by Crippen LogP contribution is -2.62. The molecule has 226 valence electrons. The number of carbonyl (C=O) groups excluding carboxylic acids is 2. The maximum absolute atomic E-state index is 13.4. The molecule has 2 aromatic rings. The second-order valence-corrected chi connectivity index (χ2v) is 10.7. The second-order valence-electron chi connectivity index (χ2n) is 10.7. The third-order valence-corrected chi connectivity index (χ3v) is 8.01. The Balaban J connectivity index is 1.70. The predicted octanol–water partition coefficient (Wildman–Crippen LogP) is 5.23. The van der Waals surface area contributed by atoms with E-state index >= 15 is 0 Å². The van der Waals surface area contributed by atoms with E-state index in [1.54, 1.807) is 37.3 Å². The molecule has 0 N–H and O–H groups in total. The lowest BCUT2D eigenvalue weighted by Gasteiger charge is -2.48. The first-order chi connectivity index (χ1) is 20.3. The van der Waals surface area contributed by atoms with E-state index in [4.69, 9.17) is 28.4 Å². The SMILES string of the molecule is CCC1O[C@@H](C)C(N=[N+]=[N-])[C@@H](C)[C@@H]1O[C@@H]1OC(C(=O)OC)[C@@H](C)[C@H](OCc2ccccc2)C1OC(=O)c1ccccc1. The smallest absolute Gasteiger partial charge is 0.338 e. The first kappa shape index (κ1) is 31.5. The first-order valence-electron chi connectivity index (χ1n) is 14.3. The number of hydrogen-bond acceptors (Lipinski definition) is 9. The molecule has 2 saturated heterocycles. The van der Waals surface area contributed by atoms with Crippen LogP contribution in [0.1, 0.15) is 50.0 Å². The fourth-order valence-corrected chi connectivity index (χ4v) is 5.72. The number of nitrogens with zero attached hydrogens (tertiary/aromatic N) is 3. The van der Waals surface area contributed by atoms with Gasteiger partial charge in [0.25, 0.3) is 0 Å². The lowest BCUT2D eigenvalue weighted by atomic mass is 9.85. The number of carbonyl (C=O) groups is 2. The molecule has 0 aromatic heterocycles. The summed E-state index contributed by atoms with van der Waals surface area (Å²) < 4.78 is 36.5. The quantitative estimate of drug-likeness (QED) is 0.161. The highest BCUT2D eigenvalue weighted by atomic mass is 16.7. The van der Waals surface area contributed by atoms with Crippen molar-refractivity contribution in [1.82, 2.24) is 0 Å². The van der Waals surface area contributed by atoms with Gasteiger partial charge in [0.15, 0.2) is 18.5 Å². The van der Waals surface area contributed by atoms with Gasteiger partial charge in [-0.1, -0.05) is 74.4 Å². The molecule has 0 radical (unpaired) electrons. The minimum atomic E-state index is -1.22. The molecular weight excluding hydrogens is 542 g/mol. The van der Waals surface area contributed by atoms with E-state index in [9.17, 15) is 15.1 Å². The molecule has 11 heteroatoms. The number of azide groups is 1. The molecule has 0 spiro atoms. The lowest BCUT2D eigenvalue weighted by molar-refractivity contribution is -0.319. The van der Waals surface area contributed by atoms with Crippen LogP contribution in [0.4, 0.5) is 0 Å². The molecule has 2 aliphatic heterocycles. The molecule has 4 unspecified atom stereocenters. The molecule has 4 rings (SSSR count). The number of benzene rings is 2. The molecule has 2 aromatic carbocycles. The van der Waals surface area contributed by atoms with Crippen LogP contribution in [0.3, 0.4) is 0 Å². The van der Waals surface area contributed by atoms with E-state index in [1.807, 2.05) is 51.1 Å². The van der Waals surface area contributed by atoms with E-state index in [0.29, 0.717) is 12.0 Å². The Morgan fingerprint density at radius 1 is 0.929 bits per heavy atom. The summed E-state index contributed by atoms with van der Waals surface area (Å²) in [5.74, 6) is -2.02. The van der Waals surface area contributed by atoms with Crippen molar-refractivity contribution in [2.45, 2.75) is 89.7 Å². The molecule has 0 saturated carbocycles. The van der Waals surface area contributed by atoms with Gasteiger partial charge in [-0.15, -0.1) is 0 Å². The van der Waals surface area contributed by atoms with Crippen molar-refractivity contribution in [2.75, 3.05) is 7.11 Å². The van der Waals surface area contributed by atoms with Gasteiger partial charge in [-0.25, -0.2) is 9.59 Å². The van der Waals surface area contributed by atoms with Gasteiger partial charge < -0.3 is 28.4 Å². The van der Waals surface area contributed by atoms with Crippen molar-refractivity contribution in [3.63, 3.8) is 0 Å². The van der Waals surface area contributed by atoms with Crippen LogP contribution in [0.5, 0.6) is 0 Å². The van der Waals surface area contributed by atoms with Crippen LogP contribution < -0.4 is 0 Å². The molecule has 0 aliphatic carbocycles. The zero-order chi connectivity index (χ0) is 30.2. The van der Waals surface area contributed by atoms with Crippen LogP contribution >= 0.6 is 0 Å². The summed E-state index contributed by atoms with van der Waals surface area (Å²) in [5, 5.41) is 3.96. The third kappa shape index (κ3) is 7.11. The highest BCUT2D eigenvalue weighted by molar-refractivity contribution is 5.89. The predicted molar refractivity (Wildman–Crippen MR) is 152 cm³/mol. The zero-order valence-electron chi connectivity index (χ0n) is 24.6. The van der Waals surface area contributed by atoms with Gasteiger partial charge in [-0.05, 0) is 42.5 Å². The zero-order valence-corrected chi connectivity index (χ0v) is 24.6. The molecule has 0 amide bonds. The van der Waals surface area contributed by atoms with Gasteiger partial charge in [0, 0.05) is 10.8 Å². The monoisotopic (exact) mass is 581 g/mol. The second kappa shape index (κ2) is 14.6. The Labute approximate surface area is 246 Å². The van der Waals surface area contributed by atoms with E-state index in [1.165, 1.54) is 7.11 Å². The number of ether oxygens (including phenoxy) is 6. The maximum atomic E-state index is 13.4. The van der Waals surface area contributed by atoms with E-state index in [-0.39, 0.29) is 24.7 Å². The minimum Gasteiger partial charge on any atom is -0.467 e. The van der Waals surface area contributed by atoms with Crippen LogP contribution in [-0.4, -0.2) is 68.0 Å². The summed E-state index contributed by atoms with van der Waals surface area (Å²) in [6, 6.07) is 17.6. The summed E-state index contributed by atoms with van der Waals surface area (Å²) >= 11 is 0. The number of hydrogen-bond donors (Lipinski definition) is 0. The van der Waals surface area contributed by atoms with Crippen molar-refractivity contribution >= 4 is 11.9 Å². The fraction of sp³-hybridized carbons (Fsp3) is 0.548. The van der Waals surface area contributed by atoms with Gasteiger partial charge in [-0.3, -0.25) is 0 Å². The third-order valence-electron chi connectivity index (χ3n) is 8.01. The Kier molecular flexibility index (Phi) is 11.0. The van der Waals surface area contributed by atoms with E-state index < -0.39 is 54.6 Å². The Morgan fingerprint density at radius 2 is 1.60 bits per heavy atom. The highest BCUT2D eigenvalue weighted by Gasteiger charge is 2.53. The van der Waals surface area contributed by atoms with Gasteiger partial charge in [0.05, 0.1) is 43.6 Å². The van der Waals surface area contributed by atoms with Crippen molar-refractivity contribution in [1.29, 1.82) is 0 Å². The summed E-state index contributed by atoms with van der Waals surface area (Å²) in [6.07, 6.45) is -4.83. The van der Waals surface area contributed by atoms with Crippen molar-refractivity contribution in [2.24, 2.45) is 17.0 Å². The fourth-order valence-electron chi connectivity index (χ4n) is 5.72. The summed E-state index contributed by atoms with van der Waals surface area (Å²) in [6.45, 7) is 7.74. The first-order valence-corrected chi connectivity index (χ1v) is 14.3. The molecule has 2 fully saturated rings. The molecule has 11 nitrogen and oxygen atoms in total. The van der Waals surface area contributed by atoms with Crippen LogP contribution in [0, 0.1) is 11.8 Å². The van der Waals surface area contributed by atoms with Crippen LogP contribution in [0.15, 0.2) is 65.8 Å². The highest BCUT2D eigenvalue weighted by Crippen LogP contribution is 2.38. The largest absolute Gasteiger partial charge is 0.467 e. The van der Waals surface area contributed by atoms with E-state index in [0.717, 1.165) is 5.56 Å². The van der Waals surface area contributed by atoms with Crippen molar-refractivity contribution in [3.8, 4) is 0 Å². The average Bonchev–Trinajstić information content (AvgIpc) is 3.01. The normalized spacial score (nSPS) is 32.8. The Hall–Kier alpha value is -3.47. The number of esters is 2. The van der Waals surface area contributed by atoms with Crippen LogP contribution in [0.2, 0.25) is 0 Å². The molecular formula is C31H39N3O8. The molecule has 2 heterocycles. The summed E-state index contributed by atoms with van der Waals surface area (Å²) in [4.78, 5) is 29.3. The van der Waals surface area contributed by atoms with Crippen LogP contribution in [-0.2, 0) is 39.8 Å². The number of rotatable bonds is 10. The molecule has 2 aliphatic rings. The Bertz CT molecular complexity index is 1230. The van der Waals surface area contributed by atoms with Gasteiger partial charge in [0.2, 0.25) is 0 Å². The summed E-state index contributed by atoms with van der Waals surface area (Å²) in [5.41, 5.74) is 10.4. The van der Waals surface area contributed by atoms with Gasteiger partial charge in [0.1, 0.15) is 6.10 Å². The molecule has 10 atom stereocenters. The molecule has 0 bridgehead atoms. The van der Waals surface area contributed by atoms with Crippen molar-refractivity contribution < 1.29 is 38.0 Å². The number of methoxy groups -OCH3 is 1. The van der Waals surface area contributed by atoms with Crippen LogP contribution in [0.25, 0.3) is 10.4 Å². The minimum absolute atomic E-state index is 0.201. The summed E-state index contributed by atoms with van der Waals surface area (Å²) in [7, 11) is 1.28. The molecule has 42 heavy (non-hydrogen) atoms. The topological polar surface area (TPSA) is 138 Å². The van der Waals surface area contributed by atoms with Gasteiger partial charge >= 0.3 is 11.9 Å².